The molecule has 0 aliphatic rings. The van der Waals surface area contributed by atoms with Crippen molar-refractivity contribution in [3.05, 3.63) is 12.4 Å². The van der Waals surface area contributed by atoms with Crippen molar-refractivity contribution in [1.29, 1.82) is 0 Å². The highest BCUT2D eigenvalue weighted by Crippen LogP contribution is 2.04. The second-order valence-corrected chi connectivity index (χ2v) is 4.35. The summed E-state index contributed by atoms with van der Waals surface area (Å²) >= 11 is 0. The van der Waals surface area contributed by atoms with Gasteiger partial charge in [-0.25, -0.2) is 0 Å². The van der Waals surface area contributed by atoms with E-state index in [4.69, 9.17) is 0 Å². The molecule has 0 amide bonds. The zero-order valence-corrected chi connectivity index (χ0v) is 11.3. The molecule has 0 radical (unpaired) electrons. The Balaban J connectivity index is 3.27. The summed E-state index contributed by atoms with van der Waals surface area (Å²) in [6, 6.07) is 0. The molecule has 0 aromatic heterocycles. The Morgan fingerprint density at radius 3 is 2.38 bits per heavy atom. The Labute approximate surface area is 101 Å². The predicted octanol–water partition coefficient (Wildman–Crippen LogP) is 2.52. The zero-order chi connectivity index (χ0) is 12.2. The number of hydrogen-bond donors (Lipinski definition) is 2. The normalized spacial score (nSPS) is 10.2. The number of hydrogen-bond acceptors (Lipinski definition) is 3. The van der Waals surface area contributed by atoms with Gasteiger partial charge in [0.15, 0.2) is 0 Å². The highest BCUT2D eigenvalue weighted by molar-refractivity contribution is 4.88. The monoisotopic (exact) mass is 227 g/mol. The van der Waals surface area contributed by atoms with E-state index in [1.807, 2.05) is 14.1 Å². The first-order valence-corrected chi connectivity index (χ1v) is 6.50. The zero-order valence-electron chi connectivity index (χ0n) is 11.3. The lowest BCUT2D eigenvalue weighted by atomic mass is 10.1. The number of rotatable bonds is 11. The van der Waals surface area contributed by atoms with Crippen LogP contribution in [0.25, 0.3) is 0 Å². The van der Waals surface area contributed by atoms with Crippen LogP contribution < -0.4 is 10.6 Å². The van der Waals surface area contributed by atoms with Crippen LogP contribution in [0.3, 0.4) is 0 Å². The van der Waals surface area contributed by atoms with E-state index in [-0.39, 0.29) is 0 Å². The molecule has 3 heteroatoms. The van der Waals surface area contributed by atoms with E-state index in [2.05, 4.69) is 29.0 Å². The Hall–Kier alpha value is -0.700. The SMILES string of the molecule is C=C(NCCCCCCCC)N(C)CNC. The molecule has 0 aliphatic heterocycles. The highest BCUT2D eigenvalue weighted by Gasteiger charge is 1.98. The van der Waals surface area contributed by atoms with Crippen molar-refractivity contribution in [2.75, 3.05) is 27.3 Å². The first kappa shape index (κ1) is 15.3. The summed E-state index contributed by atoms with van der Waals surface area (Å²) in [5.74, 6) is 1.00. The quantitative estimate of drug-likeness (QED) is 0.419. The van der Waals surface area contributed by atoms with Gasteiger partial charge in [0.05, 0.1) is 12.5 Å². The fourth-order valence-electron chi connectivity index (χ4n) is 1.61. The van der Waals surface area contributed by atoms with Crippen molar-refractivity contribution in [3.8, 4) is 0 Å². The van der Waals surface area contributed by atoms with Crippen molar-refractivity contribution in [2.24, 2.45) is 0 Å². The Morgan fingerprint density at radius 2 is 1.75 bits per heavy atom. The number of unbranched alkanes of at least 4 members (excludes halogenated alkanes) is 5. The van der Waals surface area contributed by atoms with E-state index in [0.717, 1.165) is 19.0 Å². The second-order valence-electron chi connectivity index (χ2n) is 4.35. The van der Waals surface area contributed by atoms with Gasteiger partial charge in [0.2, 0.25) is 0 Å². The van der Waals surface area contributed by atoms with E-state index >= 15 is 0 Å². The summed E-state index contributed by atoms with van der Waals surface area (Å²) in [4.78, 5) is 2.08. The van der Waals surface area contributed by atoms with Crippen LogP contribution in [-0.4, -0.2) is 32.2 Å². The van der Waals surface area contributed by atoms with E-state index < -0.39 is 0 Å². The first-order valence-electron chi connectivity index (χ1n) is 6.50. The summed E-state index contributed by atoms with van der Waals surface area (Å²) in [5.41, 5.74) is 0. The Morgan fingerprint density at radius 1 is 1.12 bits per heavy atom. The molecule has 0 bridgehead atoms. The average Bonchev–Trinajstić information content (AvgIpc) is 2.28. The van der Waals surface area contributed by atoms with Gasteiger partial charge in [-0.3, -0.25) is 0 Å². The molecular formula is C13H29N3. The minimum atomic E-state index is 0.836. The van der Waals surface area contributed by atoms with Gasteiger partial charge in [-0.1, -0.05) is 45.6 Å². The molecule has 16 heavy (non-hydrogen) atoms. The van der Waals surface area contributed by atoms with Crippen LogP contribution in [0.15, 0.2) is 12.4 Å². The maximum absolute atomic E-state index is 4.00. The summed E-state index contributed by atoms with van der Waals surface area (Å²) < 4.78 is 0. The summed E-state index contributed by atoms with van der Waals surface area (Å²) in [6.45, 7) is 8.12. The van der Waals surface area contributed by atoms with E-state index in [1.54, 1.807) is 0 Å². The van der Waals surface area contributed by atoms with Crippen molar-refractivity contribution < 1.29 is 0 Å². The summed E-state index contributed by atoms with van der Waals surface area (Å²) in [7, 11) is 3.98. The fourth-order valence-corrected chi connectivity index (χ4v) is 1.61. The van der Waals surface area contributed by atoms with Gasteiger partial charge in [0, 0.05) is 13.6 Å². The van der Waals surface area contributed by atoms with Crippen LogP contribution in [-0.2, 0) is 0 Å². The highest BCUT2D eigenvalue weighted by atomic mass is 15.3. The molecule has 0 aromatic rings. The van der Waals surface area contributed by atoms with Gasteiger partial charge in [0.25, 0.3) is 0 Å². The first-order chi connectivity index (χ1) is 7.72. The molecule has 3 nitrogen and oxygen atoms in total. The third-order valence-electron chi connectivity index (χ3n) is 2.72. The minimum Gasteiger partial charge on any atom is -0.372 e. The molecule has 0 rings (SSSR count). The van der Waals surface area contributed by atoms with Crippen LogP contribution in [0, 0.1) is 0 Å². The van der Waals surface area contributed by atoms with Crippen LogP contribution in [0.2, 0.25) is 0 Å². The third-order valence-corrected chi connectivity index (χ3v) is 2.72. The lowest BCUT2D eigenvalue weighted by molar-refractivity contribution is 0.364. The number of nitrogens with zero attached hydrogens (tertiary/aromatic N) is 1. The van der Waals surface area contributed by atoms with Crippen molar-refractivity contribution in [3.63, 3.8) is 0 Å². The van der Waals surface area contributed by atoms with Crippen LogP contribution >= 0.6 is 0 Å². The fraction of sp³-hybridized carbons (Fsp3) is 0.846. The van der Waals surface area contributed by atoms with Gasteiger partial charge in [-0.05, 0) is 13.5 Å². The van der Waals surface area contributed by atoms with Crippen LogP contribution in [0.5, 0.6) is 0 Å². The molecule has 0 unspecified atom stereocenters. The molecule has 0 spiro atoms. The Bertz CT molecular complexity index is 169. The van der Waals surface area contributed by atoms with Crippen LogP contribution in [0.4, 0.5) is 0 Å². The van der Waals surface area contributed by atoms with Gasteiger partial charge < -0.3 is 15.5 Å². The van der Waals surface area contributed by atoms with Gasteiger partial charge in [-0.15, -0.1) is 0 Å². The predicted molar refractivity (Wildman–Crippen MR) is 72.2 cm³/mol. The molecular weight excluding hydrogens is 198 g/mol. The lowest BCUT2D eigenvalue weighted by Gasteiger charge is -2.22. The number of nitrogens with one attached hydrogen (secondary N) is 2. The van der Waals surface area contributed by atoms with E-state index in [1.165, 1.54) is 38.5 Å². The van der Waals surface area contributed by atoms with Gasteiger partial charge >= 0.3 is 0 Å². The van der Waals surface area contributed by atoms with Crippen molar-refractivity contribution in [2.45, 2.75) is 45.4 Å². The largest absolute Gasteiger partial charge is 0.372 e. The molecule has 0 saturated carbocycles. The second kappa shape index (κ2) is 10.8. The molecule has 0 heterocycles. The standard InChI is InChI=1S/C13H29N3/c1-5-6-7-8-9-10-11-15-13(2)16(4)12-14-3/h14-15H,2,5-12H2,1,3-4H3. The molecule has 96 valence electrons. The minimum absolute atomic E-state index is 0.836. The van der Waals surface area contributed by atoms with Gasteiger partial charge in [0.1, 0.15) is 0 Å². The maximum Gasteiger partial charge on any atom is 0.0946 e. The molecule has 0 saturated heterocycles. The van der Waals surface area contributed by atoms with Crippen molar-refractivity contribution in [1.82, 2.24) is 15.5 Å². The molecule has 0 fully saturated rings. The van der Waals surface area contributed by atoms with Gasteiger partial charge in [-0.2, -0.15) is 0 Å². The van der Waals surface area contributed by atoms with Crippen molar-refractivity contribution >= 4 is 0 Å². The third kappa shape index (κ3) is 8.60. The summed E-state index contributed by atoms with van der Waals surface area (Å²) in [5, 5.41) is 6.45. The molecule has 0 aromatic carbocycles. The average molecular weight is 227 g/mol. The molecule has 0 aliphatic carbocycles. The summed E-state index contributed by atoms with van der Waals surface area (Å²) in [6.07, 6.45) is 8.03. The van der Waals surface area contributed by atoms with E-state index in [0.29, 0.717) is 0 Å². The maximum atomic E-state index is 4.00. The lowest BCUT2D eigenvalue weighted by Crippen LogP contribution is -2.34. The van der Waals surface area contributed by atoms with Crippen LogP contribution in [0.1, 0.15) is 45.4 Å². The molecule has 2 N–H and O–H groups in total. The smallest absolute Gasteiger partial charge is 0.0946 e. The topological polar surface area (TPSA) is 27.3 Å². The molecule has 0 atom stereocenters. The Kier molecular flexibility index (Phi) is 10.3. The van der Waals surface area contributed by atoms with E-state index in [9.17, 15) is 0 Å².